The largest absolute Gasteiger partial charge is 0.388 e. The van der Waals surface area contributed by atoms with E-state index in [1.807, 2.05) is 0 Å². The molecule has 0 unspecified atom stereocenters. The van der Waals surface area contributed by atoms with Crippen molar-refractivity contribution >= 4 is 11.6 Å². The molecule has 1 rings (SSSR count). The minimum absolute atomic E-state index is 0.0576. The normalized spacial score (nSPS) is 8.82. The van der Waals surface area contributed by atoms with E-state index >= 15 is 0 Å². The van der Waals surface area contributed by atoms with E-state index in [0.717, 1.165) is 6.07 Å². The van der Waals surface area contributed by atoms with Gasteiger partial charge in [-0.1, -0.05) is 11.6 Å². The van der Waals surface area contributed by atoms with Gasteiger partial charge in [-0.3, -0.25) is 0 Å². The highest BCUT2D eigenvalue weighted by atomic mass is 35.5. The molecular weight excluding hydrogens is 169 g/mol. The SMILES string of the molecule is N#COc1ccc(F)c(Cl)c1. The molecule has 0 aliphatic rings. The second kappa shape index (κ2) is 3.22. The summed E-state index contributed by atoms with van der Waals surface area (Å²) in [6, 6.07) is 3.69. The molecule has 4 heteroatoms. The van der Waals surface area contributed by atoms with Gasteiger partial charge in [0.15, 0.2) is 0 Å². The maximum absolute atomic E-state index is 12.5. The lowest BCUT2D eigenvalue weighted by Crippen LogP contribution is -1.82. The molecule has 0 heterocycles. The van der Waals surface area contributed by atoms with Crippen LogP contribution < -0.4 is 4.74 Å². The van der Waals surface area contributed by atoms with Crippen LogP contribution in [-0.4, -0.2) is 0 Å². The summed E-state index contributed by atoms with van der Waals surface area (Å²) in [6.07, 6.45) is 1.45. The van der Waals surface area contributed by atoms with Crippen molar-refractivity contribution in [2.45, 2.75) is 0 Å². The van der Waals surface area contributed by atoms with Crippen LogP contribution in [0.5, 0.6) is 5.75 Å². The fourth-order valence-electron chi connectivity index (χ4n) is 0.593. The fourth-order valence-corrected chi connectivity index (χ4v) is 0.764. The summed E-state index contributed by atoms with van der Waals surface area (Å²) in [4.78, 5) is 0. The Kier molecular flexibility index (Phi) is 2.29. The summed E-state index contributed by atoms with van der Waals surface area (Å²) in [5.41, 5.74) is 0. The van der Waals surface area contributed by atoms with E-state index in [9.17, 15) is 4.39 Å². The Bertz CT molecular complexity index is 308. The van der Waals surface area contributed by atoms with E-state index in [4.69, 9.17) is 16.9 Å². The summed E-state index contributed by atoms with van der Waals surface area (Å²) in [5.74, 6) is -0.296. The highest BCUT2D eigenvalue weighted by molar-refractivity contribution is 6.30. The minimum atomic E-state index is -0.531. The molecule has 1 aromatic carbocycles. The van der Waals surface area contributed by atoms with Gasteiger partial charge in [-0.25, -0.2) is 4.39 Å². The molecule has 11 heavy (non-hydrogen) atoms. The topological polar surface area (TPSA) is 33.0 Å². The van der Waals surface area contributed by atoms with Gasteiger partial charge >= 0.3 is 0 Å². The molecule has 1 aromatic rings. The van der Waals surface area contributed by atoms with Crippen molar-refractivity contribution in [3.63, 3.8) is 0 Å². The molecule has 2 nitrogen and oxygen atoms in total. The zero-order valence-electron chi connectivity index (χ0n) is 5.34. The summed E-state index contributed by atoms with van der Waals surface area (Å²) in [7, 11) is 0. The number of rotatable bonds is 1. The Balaban J connectivity index is 2.98. The van der Waals surface area contributed by atoms with Gasteiger partial charge in [-0.2, -0.15) is 0 Å². The lowest BCUT2D eigenvalue weighted by molar-refractivity contribution is 0.504. The van der Waals surface area contributed by atoms with Gasteiger partial charge in [0.2, 0.25) is 0 Å². The molecule has 0 spiro atoms. The van der Waals surface area contributed by atoms with Crippen LogP contribution in [0.25, 0.3) is 0 Å². The van der Waals surface area contributed by atoms with Crippen molar-refractivity contribution in [3.05, 3.63) is 29.0 Å². The molecule has 56 valence electrons. The quantitative estimate of drug-likeness (QED) is 0.608. The summed E-state index contributed by atoms with van der Waals surface area (Å²) in [6.45, 7) is 0. The number of benzene rings is 1. The van der Waals surface area contributed by atoms with Crippen molar-refractivity contribution in [1.82, 2.24) is 0 Å². The molecular formula is C7H3ClFNO. The van der Waals surface area contributed by atoms with Crippen LogP contribution in [0.3, 0.4) is 0 Å². The van der Waals surface area contributed by atoms with Gasteiger partial charge in [-0.05, 0) is 12.1 Å². The van der Waals surface area contributed by atoms with Gasteiger partial charge in [-0.15, -0.1) is 5.26 Å². The monoisotopic (exact) mass is 171 g/mol. The van der Waals surface area contributed by atoms with Crippen molar-refractivity contribution in [2.75, 3.05) is 0 Å². The van der Waals surface area contributed by atoms with Gasteiger partial charge in [0.05, 0.1) is 5.02 Å². The van der Waals surface area contributed by atoms with Gasteiger partial charge in [0.25, 0.3) is 6.26 Å². The molecule has 0 aliphatic carbocycles. The zero-order valence-corrected chi connectivity index (χ0v) is 6.10. The average Bonchev–Trinajstić information content (AvgIpc) is 1.98. The Morgan fingerprint density at radius 1 is 1.55 bits per heavy atom. The zero-order chi connectivity index (χ0) is 8.27. The maximum atomic E-state index is 12.5. The molecule has 0 bridgehead atoms. The predicted molar refractivity (Wildman–Crippen MR) is 37.7 cm³/mol. The Morgan fingerprint density at radius 3 is 2.82 bits per heavy atom. The van der Waals surface area contributed by atoms with Gasteiger partial charge in [0.1, 0.15) is 11.6 Å². The third kappa shape index (κ3) is 1.82. The Labute approximate surface area is 67.8 Å². The molecule has 0 aromatic heterocycles. The molecule has 0 saturated carbocycles. The maximum Gasteiger partial charge on any atom is 0.292 e. The standard InChI is InChI=1S/C7H3ClFNO/c8-6-3-5(11-4-10)1-2-7(6)9/h1-3H. The molecule has 0 atom stereocenters. The van der Waals surface area contributed by atoms with E-state index < -0.39 is 5.82 Å². The number of hydrogen-bond donors (Lipinski definition) is 0. The lowest BCUT2D eigenvalue weighted by Gasteiger charge is -1.96. The van der Waals surface area contributed by atoms with Crippen LogP contribution >= 0.6 is 11.6 Å². The van der Waals surface area contributed by atoms with E-state index in [1.54, 1.807) is 0 Å². The number of halogens is 2. The van der Waals surface area contributed by atoms with Crippen molar-refractivity contribution in [3.8, 4) is 12.0 Å². The number of nitriles is 1. The van der Waals surface area contributed by atoms with Crippen LogP contribution in [0.4, 0.5) is 4.39 Å². The second-order valence-electron chi connectivity index (χ2n) is 1.77. The third-order valence-electron chi connectivity index (χ3n) is 1.05. The molecule has 0 fully saturated rings. The number of ether oxygens (including phenoxy) is 1. The number of nitrogens with zero attached hydrogens (tertiary/aromatic N) is 1. The van der Waals surface area contributed by atoms with Gasteiger partial charge < -0.3 is 4.74 Å². The first-order chi connectivity index (χ1) is 5.24. The van der Waals surface area contributed by atoms with Crippen LogP contribution in [-0.2, 0) is 0 Å². The van der Waals surface area contributed by atoms with E-state index in [-0.39, 0.29) is 10.8 Å². The van der Waals surface area contributed by atoms with Crippen molar-refractivity contribution < 1.29 is 9.13 Å². The summed E-state index contributed by atoms with van der Waals surface area (Å²) >= 11 is 5.39. The van der Waals surface area contributed by atoms with Crippen molar-refractivity contribution in [1.29, 1.82) is 5.26 Å². The van der Waals surface area contributed by atoms with E-state index in [2.05, 4.69) is 4.74 Å². The first kappa shape index (κ1) is 7.83. The Morgan fingerprint density at radius 2 is 2.27 bits per heavy atom. The minimum Gasteiger partial charge on any atom is -0.388 e. The first-order valence-electron chi connectivity index (χ1n) is 2.75. The number of hydrogen-bond acceptors (Lipinski definition) is 2. The van der Waals surface area contributed by atoms with Crippen LogP contribution in [0.2, 0.25) is 5.02 Å². The summed E-state index contributed by atoms with van der Waals surface area (Å²) < 4.78 is 16.9. The van der Waals surface area contributed by atoms with E-state index in [0.29, 0.717) is 0 Å². The molecule has 0 radical (unpaired) electrons. The Hall–Kier alpha value is -1.27. The highest BCUT2D eigenvalue weighted by Crippen LogP contribution is 2.20. The van der Waals surface area contributed by atoms with Gasteiger partial charge in [0, 0.05) is 6.07 Å². The first-order valence-corrected chi connectivity index (χ1v) is 3.13. The predicted octanol–water partition coefficient (Wildman–Crippen LogP) is 2.34. The fraction of sp³-hybridized carbons (Fsp3) is 0. The molecule has 0 amide bonds. The third-order valence-corrected chi connectivity index (χ3v) is 1.34. The molecule has 0 N–H and O–H groups in total. The smallest absolute Gasteiger partial charge is 0.292 e. The summed E-state index contributed by atoms with van der Waals surface area (Å²) in [5, 5.41) is 8.01. The van der Waals surface area contributed by atoms with Crippen molar-refractivity contribution in [2.24, 2.45) is 0 Å². The van der Waals surface area contributed by atoms with Crippen LogP contribution in [0.15, 0.2) is 18.2 Å². The average molecular weight is 172 g/mol. The van der Waals surface area contributed by atoms with Crippen LogP contribution in [0.1, 0.15) is 0 Å². The van der Waals surface area contributed by atoms with Crippen LogP contribution in [0, 0.1) is 17.3 Å². The second-order valence-corrected chi connectivity index (χ2v) is 2.18. The van der Waals surface area contributed by atoms with E-state index in [1.165, 1.54) is 18.4 Å². The molecule has 0 saturated heterocycles. The molecule has 0 aliphatic heterocycles. The highest BCUT2D eigenvalue weighted by Gasteiger charge is 2.00. The lowest BCUT2D eigenvalue weighted by atomic mass is 10.3.